The Bertz CT molecular complexity index is 1200. The van der Waals surface area contributed by atoms with Crippen LogP contribution in [0.25, 0.3) is 0 Å². The Kier molecular flexibility index (Phi) is 5.81. The molecule has 0 saturated heterocycles. The van der Waals surface area contributed by atoms with E-state index in [1.165, 1.54) is 13.0 Å². The molecule has 0 radical (unpaired) electrons. The van der Waals surface area contributed by atoms with Crippen molar-refractivity contribution >= 4 is 11.5 Å². The van der Waals surface area contributed by atoms with Crippen LogP contribution >= 0.6 is 0 Å². The van der Waals surface area contributed by atoms with E-state index in [0.29, 0.717) is 29.7 Å². The van der Waals surface area contributed by atoms with Crippen molar-refractivity contribution in [2.45, 2.75) is 39.7 Å². The monoisotopic (exact) mass is 433 g/mol. The maximum absolute atomic E-state index is 12.3. The van der Waals surface area contributed by atoms with Gasteiger partial charge in [-0.1, -0.05) is 30.3 Å². The van der Waals surface area contributed by atoms with Crippen molar-refractivity contribution in [2.75, 3.05) is 0 Å². The average molecular weight is 433 g/mol. The van der Waals surface area contributed by atoms with E-state index in [0.717, 1.165) is 17.5 Å². The van der Waals surface area contributed by atoms with E-state index in [1.807, 2.05) is 30.3 Å². The number of fused-ring (bicyclic) bond motifs is 1. The number of carbonyl (C=O) groups excluding carboxylic acids is 1. The molecule has 0 unspecified atom stereocenters. The number of nitro groups is 1. The molecule has 3 aromatic carbocycles. The fourth-order valence-corrected chi connectivity index (χ4v) is 4.12. The van der Waals surface area contributed by atoms with Crippen LogP contribution in [0.4, 0.5) is 5.69 Å². The van der Waals surface area contributed by atoms with Gasteiger partial charge >= 0.3 is 0 Å². The zero-order chi connectivity index (χ0) is 22.8. The van der Waals surface area contributed by atoms with Gasteiger partial charge < -0.3 is 14.6 Å². The van der Waals surface area contributed by atoms with Gasteiger partial charge in [0.25, 0.3) is 5.69 Å². The van der Waals surface area contributed by atoms with Gasteiger partial charge in [0.1, 0.15) is 23.7 Å². The summed E-state index contributed by atoms with van der Waals surface area (Å²) in [5, 5.41) is 22.3. The van der Waals surface area contributed by atoms with Crippen LogP contribution in [0.15, 0.2) is 48.5 Å². The summed E-state index contributed by atoms with van der Waals surface area (Å²) >= 11 is 0. The second-order valence-electron chi connectivity index (χ2n) is 7.83. The van der Waals surface area contributed by atoms with Gasteiger partial charge in [0, 0.05) is 17.2 Å². The standard InChI is InChI=1S/C25H23NO6/c1-15-13-20(26(29)30)18-9-6-10-19(18)25(15)32-22-12-11-21(23(16(2)27)24(22)28)31-14-17-7-4-3-5-8-17/h3-5,7-8,11-13,28H,6,9-10,14H2,1-2H3. The molecule has 1 N–H and O–H groups in total. The van der Waals surface area contributed by atoms with Gasteiger partial charge in [-0.15, -0.1) is 0 Å². The molecular weight excluding hydrogens is 410 g/mol. The van der Waals surface area contributed by atoms with Gasteiger partial charge in [0.15, 0.2) is 17.3 Å². The first-order chi connectivity index (χ1) is 15.4. The molecule has 0 spiro atoms. The van der Waals surface area contributed by atoms with Gasteiger partial charge in [-0.3, -0.25) is 14.9 Å². The molecule has 1 aliphatic carbocycles. The van der Waals surface area contributed by atoms with Crippen LogP contribution in [-0.4, -0.2) is 15.8 Å². The lowest BCUT2D eigenvalue weighted by Crippen LogP contribution is -2.04. The molecule has 0 aromatic heterocycles. The van der Waals surface area contributed by atoms with Crippen molar-refractivity contribution in [3.05, 3.63) is 86.5 Å². The summed E-state index contributed by atoms with van der Waals surface area (Å²) in [6.07, 6.45) is 2.07. The summed E-state index contributed by atoms with van der Waals surface area (Å²) in [5.74, 6) is 0.185. The quantitative estimate of drug-likeness (QED) is 0.293. The topological polar surface area (TPSA) is 98.9 Å². The SMILES string of the molecule is CC(=O)c1c(OCc2ccccc2)ccc(Oc2c(C)cc([N+](=O)[O-])c3c2CCC3)c1O. The second-order valence-corrected chi connectivity index (χ2v) is 7.83. The molecule has 164 valence electrons. The number of phenolic OH excluding ortho intramolecular Hbond substituents is 1. The van der Waals surface area contributed by atoms with Crippen LogP contribution in [0.2, 0.25) is 0 Å². The third-order valence-electron chi connectivity index (χ3n) is 5.61. The number of phenols is 1. The number of benzene rings is 3. The van der Waals surface area contributed by atoms with E-state index < -0.39 is 0 Å². The minimum Gasteiger partial charge on any atom is -0.504 e. The summed E-state index contributed by atoms with van der Waals surface area (Å²) in [5.41, 5.74) is 3.12. The molecule has 0 heterocycles. The number of aromatic hydroxyl groups is 1. The Labute approximate surface area is 185 Å². The zero-order valence-electron chi connectivity index (χ0n) is 17.9. The molecule has 0 atom stereocenters. The van der Waals surface area contributed by atoms with E-state index in [2.05, 4.69) is 0 Å². The highest BCUT2D eigenvalue weighted by molar-refractivity contribution is 6.00. The van der Waals surface area contributed by atoms with Crippen LogP contribution in [0.1, 0.15) is 46.0 Å². The largest absolute Gasteiger partial charge is 0.504 e. The smallest absolute Gasteiger partial charge is 0.273 e. The Hall–Kier alpha value is -3.87. The first-order valence-electron chi connectivity index (χ1n) is 10.4. The summed E-state index contributed by atoms with van der Waals surface area (Å²) in [7, 11) is 0. The molecule has 3 aromatic rings. The molecule has 0 amide bonds. The maximum atomic E-state index is 12.3. The molecule has 7 heteroatoms. The summed E-state index contributed by atoms with van der Waals surface area (Å²) < 4.78 is 11.8. The summed E-state index contributed by atoms with van der Waals surface area (Å²) in [6.45, 7) is 3.33. The number of ether oxygens (including phenoxy) is 2. The number of nitrogens with zero attached hydrogens (tertiary/aromatic N) is 1. The molecule has 1 aliphatic rings. The Morgan fingerprint density at radius 1 is 1.09 bits per heavy atom. The van der Waals surface area contributed by atoms with E-state index in [9.17, 15) is 20.0 Å². The Balaban J connectivity index is 1.68. The highest BCUT2D eigenvalue weighted by atomic mass is 16.6. The number of nitro benzene ring substituents is 1. The van der Waals surface area contributed by atoms with Crippen molar-refractivity contribution in [2.24, 2.45) is 0 Å². The molecule has 7 nitrogen and oxygen atoms in total. The van der Waals surface area contributed by atoms with Crippen molar-refractivity contribution < 1.29 is 24.3 Å². The highest BCUT2D eigenvalue weighted by Crippen LogP contribution is 2.45. The minimum atomic E-state index is -0.370. The van der Waals surface area contributed by atoms with Crippen LogP contribution in [-0.2, 0) is 19.4 Å². The average Bonchev–Trinajstić information content (AvgIpc) is 3.25. The number of Topliss-reactive ketones (excluding diaryl/α,β-unsaturated/α-hetero) is 1. The lowest BCUT2D eigenvalue weighted by molar-refractivity contribution is -0.385. The van der Waals surface area contributed by atoms with Gasteiger partial charge in [-0.05, 0) is 56.4 Å². The number of hydrogen-bond donors (Lipinski definition) is 1. The number of aryl methyl sites for hydroxylation is 1. The van der Waals surface area contributed by atoms with Crippen molar-refractivity contribution in [1.82, 2.24) is 0 Å². The first kappa shape index (κ1) is 21.4. The van der Waals surface area contributed by atoms with Gasteiger partial charge in [-0.25, -0.2) is 0 Å². The van der Waals surface area contributed by atoms with Crippen LogP contribution in [0.3, 0.4) is 0 Å². The minimum absolute atomic E-state index is 0.0367. The number of rotatable bonds is 7. The zero-order valence-corrected chi connectivity index (χ0v) is 17.9. The molecule has 0 aliphatic heterocycles. The number of hydrogen-bond acceptors (Lipinski definition) is 6. The fourth-order valence-electron chi connectivity index (χ4n) is 4.12. The Morgan fingerprint density at radius 2 is 1.78 bits per heavy atom. The van der Waals surface area contributed by atoms with E-state index in [4.69, 9.17) is 9.47 Å². The van der Waals surface area contributed by atoms with Gasteiger partial charge in [0.05, 0.1) is 4.92 Å². The third kappa shape index (κ3) is 4.01. The predicted molar refractivity (Wildman–Crippen MR) is 119 cm³/mol. The van der Waals surface area contributed by atoms with Crippen LogP contribution in [0.5, 0.6) is 23.0 Å². The summed E-state index contributed by atoms with van der Waals surface area (Å²) in [6, 6.07) is 14.1. The van der Waals surface area contributed by atoms with Gasteiger partial charge in [-0.2, -0.15) is 0 Å². The lowest BCUT2D eigenvalue weighted by Gasteiger charge is -2.17. The van der Waals surface area contributed by atoms with E-state index in [-0.39, 0.29) is 45.8 Å². The highest BCUT2D eigenvalue weighted by Gasteiger charge is 2.28. The van der Waals surface area contributed by atoms with Crippen molar-refractivity contribution in [1.29, 1.82) is 0 Å². The van der Waals surface area contributed by atoms with Crippen molar-refractivity contribution in [3.8, 4) is 23.0 Å². The molecular formula is C25H23NO6. The number of ketones is 1. The molecule has 32 heavy (non-hydrogen) atoms. The lowest BCUT2D eigenvalue weighted by atomic mass is 10.0. The first-order valence-corrected chi connectivity index (χ1v) is 10.4. The second kappa shape index (κ2) is 8.70. The molecule has 4 rings (SSSR count). The molecule has 0 saturated carbocycles. The van der Waals surface area contributed by atoms with Crippen molar-refractivity contribution in [3.63, 3.8) is 0 Å². The van der Waals surface area contributed by atoms with Crippen LogP contribution < -0.4 is 9.47 Å². The molecule has 0 fully saturated rings. The normalized spacial score (nSPS) is 12.3. The maximum Gasteiger partial charge on any atom is 0.273 e. The van der Waals surface area contributed by atoms with E-state index >= 15 is 0 Å². The number of carbonyl (C=O) groups is 1. The summed E-state index contributed by atoms with van der Waals surface area (Å²) in [4.78, 5) is 23.4. The van der Waals surface area contributed by atoms with Gasteiger partial charge in [0.2, 0.25) is 0 Å². The Morgan fingerprint density at radius 3 is 2.47 bits per heavy atom. The fraction of sp³-hybridized carbons (Fsp3) is 0.240. The van der Waals surface area contributed by atoms with E-state index in [1.54, 1.807) is 19.1 Å². The predicted octanol–water partition coefficient (Wildman–Crippen LogP) is 5.67. The molecule has 0 bridgehead atoms. The third-order valence-corrected chi connectivity index (χ3v) is 5.61. The van der Waals surface area contributed by atoms with Crippen LogP contribution in [0, 0.1) is 17.0 Å².